The maximum absolute atomic E-state index is 12.3. The number of halogens is 1. The number of nitrogens with one attached hydrogen (secondary N) is 2. The second-order valence-electron chi connectivity index (χ2n) is 7.23. The number of aromatic nitrogens is 3. The highest BCUT2D eigenvalue weighted by Gasteiger charge is 2.23. The van der Waals surface area contributed by atoms with Gasteiger partial charge in [-0.1, -0.05) is 11.6 Å². The summed E-state index contributed by atoms with van der Waals surface area (Å²) in [7, 11) is 0. The van der Waals surface area contributed by atoms with Crippen molar-refractivity contribution in [2.24, 2.45) is 0 Å². The number of rotatable bonds is 4. The fraction of sp³-hybridized carbons (Fsp3) is 0.333. The van der Waals surface area contributed by atoms with Gasteiger partial charge < -0.3 is 10.6 Å². The van der Waals surface area contributed by atoms with Crippen LogP contribution in [0, 0.1) is 6.92 Å². The quantitative estimate of drug-likeness (QED) is 0.694. The van der Waals surface area contributed by atoms with Crippen LogP contribution < -0.4 is 10.6 Å². The van der Waals surface area contributed by atoms with E-state index in [-0.39, 0.29) is 11.9 Å². The van der Waals surface area contributed by atoms with Crippen molar-refractivity contribution in [1.82, 2.24) is 20.3 Å². The molecule has 0 atom stereocenters. The number of hydrogen-bond donors (Lipinski definition) is 2. The lowest BCUT2D eigenvalue weighted by molar-refractivity contribution is 0.0921. The molecule has 7 heteroatoms. The van der Waals surface area contributed by atoms with E-state index in [4.69, 9.17) is 11.6 Å². The molecule has 0 spiro atoms. The number of carbonyl (C=O) groups excluding carboxylic acids is 1. The molecule has 2 aromatic heterocycles. The lowest BCUT2D eigenvalue weighted by atomic mass is 9.90. The van der Waals surface area contributed by atoms with Gasteiger partial charge in [-0.05, 0) is 56.9 Å². The Morgan fingerprint density at radius 2 is 1.82 bits per heavy atom. The second-order valence-corrected chi connectivity index (χ2v) is 7.67. The van der Waals surface area contributed by atoms with Crippen LogP contribution in [-0.2, 0) is 0 Å². The maximum Gasteiger partial charge on any atom is 0.271 e. The summed E-state index contributed by atoms with van der Waals surface area (Å²) in [4.78, 5) is 25.0. The molecule has 3 aromatic rings. The van der Waals surface area contributed by atoms with Crippen LogP contribution in [0.15, 0.2) is 42.9 Å². The number of fused-ring (bicyclic) bond motifs is 1. The Balaban J connectivity index is 1.34. The molecule has 1 amide bonds. The highest BCUT2D eigenvalue weighted by atomic mass is 35.5. The van der Waals surface area contributed by atoms with Crippen LogP contribution in [0.1, 0.15) is 41.9 Å². The summed E-state index contributed by atoms with van der Waals surface area (Å²) < 4.78 is 0. The minimum Gasteiger partial charge on any atom is -0.382 e. The minimum absolute atomic E-state index is 0.152. The van der Waals surface area contributed by atoms with Crippen molar-refractivity contribution in [2.75, 3.05) is 5.32 Å². The van der Waals surface area contributed by atoms with Gasteiger partial charge in [0.1, 0.15) is 5.69 Å². The SMILES string of the molecule is Cc1cnc(C(=O)NC2CCC(Nc3ccnc4cc(Cl)ccc34)CC2)cn1. The van der Waals surface area contributed by atoms with Gasteiger partial charge in [0.15, 0.2) is 0 Å². The van der Waals surface area contributed by atoms with Crippen molar-refractivity contribution in [3.63, 3.8) is 0 Å². The number of aryl methyl sites for hydroxylation is 1. The summed E-state index contributed by atoms with van der Waals surface area (Å²) in [5, 5.41) is 8.47. The van der Waals surface area contributed by atoms with Crippen LogP contribution in [0.4, 0.5) is 5.69 Å². The summed E-state index contributed by atoms with van der Waals surface area (Å²) in [6.45, 7) is 1.85. The molecule has 1 saturated carbocycles. The van der Waals surface area contributed by atoms with E-state index < -0.39 is 0 Å². The summed E-state index contributed by atoms with van der Waals surface area (Å²) in [5.41, 5.74) is 3.13. The van der Waals surface area contributed by atoms with Gasteiger partial charge in [-0.3, -0.25) is 14.8 Å². The first-order chi connectivity index (χ1) is 13.6. The van der Waals surface area contributed by atoms with E-state index in [9.17, 15) is 4.79 Å². The lowest BCUT2D eigenvalue weighted by Gasteiger charge is -2.30. The van der Waals surface area contributed by atoms with Crippen molar-refractivity contribution in [2.45, 2.75) is 44.7 Å². The summed E-state index contributed by atoms with van der Waals surface area (Å²) >= 11 is 6.07. The van der Waals surface area contributed by atoms with Crippen LogP contribution in [0.2, 0.25) is 5.02 Å². The van der Waals surface area contributed by atoms with E-state index in [1.807, 2.05) is 31.2 Å². The predicted octanol–water partition coefficient (Wildman–Crippen LogP) is 4.14. The second kappa shape index (κ2) is 8.10. The third-order valence-electron chi connectivity index (χ3n) is 5.14. The molecule has 4 rings (SSSR count). The van der Waals surface area contributed by atoms with Gasteiger partial charge in [0, 0.05) is 40.6 Å². The zero-order valence-electron chi connectivity index (χ0n) is 15.7. The Morgan fingerprint density at radius 3 is 2.57 bits per heavy atom. The molecule has 2 N–H and O–H groups in total. The third kappa shape index (κ3) is 4.22. The van der Waals surface area contributed by atoms with E-state index in [1.54, 1.807) is 12.4 Å². The smallest absolute Gasteiger partial charge is 0.271 e. The standard InChI is InChI=1S/C21H22ClN5O/c1-13-11-25-20(12-24-13)21(28)27-16-5-3-15(4-6-16)26-18-8-9-23-19-10-14(22)2-7-17(18)19/h2,7-12,15-16H,3-6H2,1H3,(H,23,26)(H,27,28). The van der Waals surface area contributed by atoms with Gasteiger partial charge >= 0.3 is 0 Å². The highest BCUT2D eigenvalue weighted by molar-refractivity contribution is 6.31. The molecule has 2 heterocycles. The van der Waals surface area contributed by atoms with Crippen molar-refractivity contribution in [3.05, 3.63) is 59.3 Å². The fourth-order valence-electron chi connectivity index (χ4n) is 3.62. The molecule has 1 aliphatic carbocycles. The van der Waals surface area contributed by atoms with Crippen LogP contribution in [0.3, 0.4) is 0 Å². The number of hydrogen-bond acceptors (Lipinski definition) is 5. The number of amides is 1. The predicted molar refractivity (Wildman–Crippen MR) is 111 cm³/mol. The van der Waals surface area contributed by atoms with E-state index in [2.05, 4.69) is 25.6 Å². The molecule has 1 aliphatic rings. The first-order valence-electron chi connectivity index (χ1n) is 9.49. The van der Waals surface area contributed by atoms with Crippen molar-refractivity contribution >= 4 is 34.1 Å². The van der Waals surface area contributed by atoms with E-state index in [1.165, 1.54) is 6.20 Å². The molecule has 0 saturated heterocycles. The van der Waals surface area contributed by atoms with Gasteiger partial charge in [-0.2, -0.15) is 0 Å². The minimum atomic E-state index is -0.152. The molecule has 1 aromatic carbocycles. The van der Waals surface area contributed by atoms with Crippen LogP contribution in [0.25, 0.3) is 10.9 Å². The van der Waals surface area contributed by atoms with E-state index in [0.29, 0.717) is 16.8 Å². The maximum atomic E-state index is 12.3. The molecule has 144 valence electrons. The van der Waals surface area contributed by atoms with Gasteiger partial charge in [-0.25, -0.2) is 4.98 Å². The summed E-state index contributed by atoms with van der Waals surface area (Å²) in [6, 6.07) is 8.30. The van der Waals surface area contributed by atoms with E-state index >= 15 is 0 Å². The third-order valence-corrected chi connectivity index (χ3v) is 5.38. The zero-order valence-corrected chi connectivity index (χ0v) is 16.4. The van der Waals surface area contributed by atoms with E-state index in [0.717, 1.165) is 48.0 Å². The molecule has 6 nitrogen and oxygen atoms in total. The van der Waals surface area contributed by atoms with Gasteiger partial charge in [0.25, 0.3) is 5.91 Å². The van der Waals surface area contributed by atoms with Crippen molar-refractivity contribution < 1.29 is 4.79 Å². The van der Waals surface area contributed by atoms with Gasteiger partial charge in [-0.15, -0.1) is 0 Å². The number of benzene rings is 1. The molecular weight excluding hydrogens is 374 g/mol. The first kappa shape index (κ1) is 18.6. The Bertz CT molecular complexity index is 984. The molecule has 0 radical (unpaired) electrons. The lowest BCUT2D eigenvalue weighted by Crippen LogP contribution is -2.40. The number of nitrogens with zero attached hydrogens (tertiary/aromatic N) is 3. The first-order valence-corrected chi connectivity index (χ1v) is 9.86. The van der Waals surface area contributed by atoms with Crippen LogP contribution in [-0.4, -0.2) is 32.9 Å². The van der Waals surface area contributed by atoms with Crippen molar-refractivity contribution in [1.29, 1.82) is 0 Å². The Kier molecular flexibility index (Phi) is 5.39. The number of anilines is 1. The Morgan fingerprint density at radius 1 is 1.04 bits per heavy atom. The summed E-state index contributed by atoms with van der Waals surface area (Å²) in [5.74, 6) is -0.152. The largest absolute Gasteiger partial charge is 0.382 e. The Hall–Kier alpha value is -2.73. The zero-order chi connectivity index (χ0) is 19.5. The molecule has 0 aliphatic heterocycles. The molecule has 1 fully saturated rings. The molecule has 0 unspecified atom stereocenters. The monoisotopic (exact) mass is 395 g/mol. The Labute approximate surface area is 168 Å². The number of carbonyl (C=O) groups is 1. The topological polar surface area (TPSA) is 79.8 Å². The summed E-state index contributed by atoms with van der Waals surface area (Å²) in [6.07, 6.45) is 8.77. The molecule has 28 heavy (non-hydrogen) atoms. The average Bonchev–Trinajstić information content (AvgIpc) is 2.70. The van der Waals surface area contributed by atoms with Crippen LogP contribution in [0.5, 0.6) is 0 Å². The normalized spacial score (nSPS) is 19.4. The number of pyridine rings is 1. The fourth-order valence-corrected chi connectivity index (χ4v) is 3.78. The van der Waals surface area contributed by atoms with Gasteiger partial charge in [0.05, 0.1) is 17.4 Å². The molecular formula is C21H22ClN5O. The van der Waals surface area contributed by atoms with Crippen LogP contribution >= 0.6 is 11.6 Å². The average molecular weight is 396 g/mol. The van der Waals surface area contributed by atoms with Crippen molar-refractivity contribution in [3.8, 4) is 0 Å². The van der Waals surface area contributed by atoms with Gasteiger partial charge in [0.2, 0.25) is 0 Å². The highest BCUT2D eigenvalue weighted by Crippen LogP contribution is 2.28. The molecule has 0 bridgehead atoms.